The maximum atomic E-state index is 12.9. The lowest BCUT2D eigenvalue weighted by Crippen LogP contribution is -2.39. The lowest BCUT2D eigenvalue weighted by atomic mass is 9.95. The first-order valence-electron chi connectivity index (χ1n) is 8.25. The molecular weight excluding hydrogens is 366 g/mol. The number of halogens is 1. The Morgan fingerprint density at radius 3 is 2.38 bits per heavy atom. The molecule has 0 saturated carbocycles. The Labute approximate surface area is 150 Å². The van der Waals surface area contributed by atoms with Crippen LogP contribution in [0.5, 0.6) is 0 Å². The molecule has 1 unspecified atom stereocenters. The Morgan fingerprint density at radius 1 is 1.04 bits per heavy atom. The van der Waals surface area contributed by atoms with E-state index in [0.717, 1.165) is 30.4 Å². The number of rotatable bonds is 3. The van der Waals surface area contributed by atoms with Crippen molar-refractivity contribution in [3.05, 3.63) is 69.7 Å². The lowest BCUT2D eigenvalue weighted by molar-refractivity contribution is 0.0679. The van der Waals surface area contributed by atoms with Gasteiger partial charge < -0.3 is 4.90 Å². The Morgan fingerprint density at radius 2 is 1.71 bits per heavy atom. The summed E-state index contributed by atoms with van der Waals surface area (Å²) in [7, 11) is 0. The van der Waals surface area contributed by atoms with Crippen LogP contribution in [0.1, 0.15) is 46.0 Å². The second-order valence-electron chi connectivity index (χ2n) is 6.38. The second-order valence-corrected chi connectivity index (χ2v) is 7.30. The van der Waals surface area contributed by atoms with Gasteiger partial charge in [-0.05, 0) is 49.1 Å². The number of nitrogens with zero attached hydrogens (tertiary/aromatic N) is 1. The summed E-state index contributed by atoms with van der Waals surface area (Å²) in [5.41, 5.74) is 1.56. The van der Waals surface area contributed by atoms with Gasteiger partial charge in [0.05, 0.1) is 5.56 Å². The van der Waals surface area contributed by atoms with Gasteiger partial charge >= 0.3 is 0 Å². The summed E-state index contributed by atoms with van der Waals surface area (Å²) in [5.74, 6) is 0.358. The Hall–Kier alpha value is -1.94. The smallest absolute Gasteiger partial charge is 0.254 e. The van der Waals surface area contributed by atoms with Crippen molar-refractivity contribution in [2.75, 3.05) is 13.1 Å². The van der Waals surface area contributed by atoms with Crippen molar-refractivity contribution in [1.82, 2.24) is 4.90 Å². The van der Waals surface area contributed by atoms with Gasteiger partial charge in [0.15, 0.2) is 5.78 Å². The number of benzene rings is 2. The average Bonchev–Trinajstić information content (AvgIpc) is 2.61. The van der Waals surface area contributed by atoms with Crippen LogP contribution >= 0.6 is 15.9 Å². The van der Waals surface area contributed by atoms with Gasteiger partial charge in [0.1, 0.15) is 0 Å². The van der Waals surface area contributed by atoms with Crippen LogP contribution in [0.15, 0.2) is 53.0 Å². The highest BCUT2D eigenvalue weighted by Crippen LogP contribution is 2.22. The first-order valence-corrected chi connectivity index (χ1v) is 9.04. The van der Waals surface area contributed by atoms with Gasteiger partial charge in [-0.1, -0.05) is 41.1 Å². The zero-order chi connectivity index (χ0) is 17.1. The van der Waals surface area contributed by atoms with Crippen molar-refractivity contribution in [2.24, 2.45) is 5.92 Å². The Kier molecular flexibility index (Phi) is 5.14. The molecule has 1 atom stereocenters. The highest BCUT2D eigenvalue weighted by atomic mass is 79.9. The minimum absolute atomic E-state index is 0.0392. The van der Waals surface area contributed by atoms with Crippen molar-refractivity contribution in [2.45, 2.75) is 19.8 Å². The van der Waals surface area contributed by atoms with E-state index < -0.39 is 0 Å². The molecule has 0 spiro atoms. The molecule has 2 aromatic rings. The van der Waals surface area contributed by atoms with Gasteiger partial charge in [-0.2, -0.15) is 0 Å². The minimum atomic E-state index is -0.114. The number of amides is 1. The van der Waals surface area contributed by atoms with E-state index in [1.165, 1.54) is 0 Å². The molecule has 3 rings (SSSR count). The molecule has 1 heterocycles. The third-order valence-electron chi connectivity index (χ3n) is 4.45. The molecule has 124 valence electrons. The van der Waals surface area contributed by atoms with Crippen LogP contribution in [0, 0.1) is 5.92 Å². The van der Waals surface area contributed by atoms with Gasteiger partial charge in [-0.3, -0.25) is 9.59 Å². The molecule has 1 fully saturated rings. The van der Waals surface area contributed by atoms with E-state index in [-0.39, 0.29) is 11.7 Å². The summed E-state index contributed by atoms with van der Waals surface area (Å²) in [6.07, 6.45) is 2.18. The van der Waals surface area contributed by atoms with Crippen LogP contribution in [0.2, 0.25) is 0 Å². The molecule has 4 heteroatoms. The molecule has 1 amide bonds. The predicted molar refractivity (Wildman–Crippen MR) is 98.3 cm³/mol. The maximum Gasteiger partial charge on any atom is 0.254 e. The first kappa shape index (κ1) is 16.9. The molecule has 1 aliphatic rings. The molecule has 0 aromatic heterocycles. The molecule has 0 N–H and O–H groups in total. The summed E-state index contributed by atoms with van der Waals surface area (Å²) in [6, 6.07) is 14.3. The van der Waals surface area contributed by atoms with Crippen LogP contribution in [-0.4, -0.2) is 29.7 Å². The highest BCUT2D eigenvalue weighted by molar-refractivity contribution is 9.10. The van der Waals surface area contributed by atoms with E-state index >= 15 is 0 Å². The third kappa shape index (κ3) is 3.59. The van der Waals surface area contributed by atoms with E-state index in [2.05, 4.69) is 22.9 Å². The quantitative estimate of drug-likeness (QED) is 0.726. The number of piperidine rings is 1. The van der Waals surface area contributed by atoms with Crippen LogP contribution in [0.25, 0.3) is 0 Å². The monoisotopic (exact) mass is 385 g/mol. The first-order chi connectivity index (χ1) is 11.6. The number of carbonyl (C=O) groups is 2. The van der Waals surface area contributed by atoms with Gasteiger partial charge in [-0.25, -0.2) is 0 Å². The zero-order valence-corrected chi connectivity index (χ0v) is 15.3. The van der Waals surface area contributed by atoms with E-state index in [1.54, 1.807) is 24.3 Å². The zero-order valence-electron chi connectivity index (χ0n) is 13.7. The van der Waals surface area contributed by atoms with E-state index in [1.807, 2.05) is 29.2 Å². The third-order valence-corrected chi connectivity index (χ3v) is 4.98. The summed E-state index contributed by atoms with van der Waals surface area (Å²) < 4.78 is 0.922. The van der Waals surface area contributed by atoms with E-state index in [0.29, 0.717) is 22.6 Å². The molecule has 2 aromatic carbocycles. The topological polar surface area (TPSA) is 37.4 Å². The van der Waals surface area contributed by atoms with Crippen molar-refractivity contribution in [3.63, 3.8) is 0 Å². The average molecular weight is 386 g/mol. The number of ketones is 1. The van der Waals surface area contributed by atoms with Gasteiger partial charge in [0.25, 0.3) is 5.91 Å². The molecule has 1 saturated heterocycles. The molecule has 24 heavy (non-hydrogen) atoms. The van der Waals surface area contributed by atoms with Crippen molar-refractivity contribution >= 4 is 27.6 Å². The molecule has 0 radical (unpaired) electrons. The summed E-state index contributed by atoms with van der Waals surface area (Å²) in [5, 5.41) is 0. The highest BCUT2D eigenvalue weighted by Gasteiger charge is 2.25. The van der Waals surface area contributed by atoms with Gasteiger partial charge in [0, 0.05) is 28.7 Å². The van der Waals surface area contributed by atoms with E-state index in [9.17, 15) is 9.59 Å². The largest absolute Gasteiger partial charge is 0.338 e. The number of hydrogen-bond acceptors (Lipinski definition) is 2. The van der Waals surface area contributed by atoms with Crippen LogP contribution < -0.4 is 0 Å². The molecule has 1 aliphatic heterocycles. The van der Waals surface area contributed by atoms with Crippen molar-refractivity contribution in [3.8, 4) is 0 Å². The van der Waals surface area contributed by atoms with Gasteiger partial charge in [-0.15, -0.1) is 0 Å². The fraction of sp³-hybridized carbons (Fsp3) is 0.300. The Bertz CT molecular complexity index is 754. The number of likely N-dealkylation sites (tertiary alicyclic amines) is 1. The summed E-state index contributed by atoms with van der Waals surface area (Å²) in [4.78, 5) is 27.6. The molecular formula is C20H20BrNO2. The maximum absolute atomic E-state index is 12.9. The molecule has 0 aliphatic carbocycles. The number of hydrogen-bond donors (Lipinski definition) is 0. The van der Waals surface area contributed by atoms with Crippen LogP contribution in [0.3, 0.4) is 0 Å². The van der Waals surface area contributed by atoms with Crippen LogP contribution in [-0.2, 0) is 0 Å². The standard InChI is InChI=1S/C20H20BrNO2/c1-14-5-4-12-22(13-14)20(24)18-7-3-2-6-17(18)19(23)15-8-10-16(21)11-9-15/h2-3,6-11,14H,4-5,12-13H2,1H3. The summed E-state index contributed by atoms with van der Waals surface area (Å²) >= 11 is 3.37. The minimum Gasteiger partial charge on any atom is -0.338 e. The second kappa shape index (κ2) is 7.31. The fourth-order valence-corrected chi connectivity index (χ4v) is 3.43. The predicted octanol–water partition coefficient (Wildman–Crippen LogP) is 4.55. The lowest BCUT2D eigenvalue weighted by Gasteiger charge is -2.31. The van der Waals surface area contributed by atoms with Crippen molar-refractivity contribution in [1.29, 1.82) is 0 Å². The van der Waals surface area contributed by atoms with E-state index in [4.69, 9.17) is 0 Å². The normalized spacial score (nSPS) is 17.6. The van der Waals surface area contributed by atoms with Crippen LogP contribution in [0.4, 0.5) is 0 Å². The Balaban J connectivity index is 1.91. The fourth-order valence-electron chi connectivity index (χ4n) is 3.17. The summed E-state index contributed by atoms with van der Waals surface area (Å²) in [6.45, 7) is 3.70. The molecule has 0 bridgehead atoms. The number of carbonyl (C=O) groups excluding carboxylic acids is 2. The van der Waals surface area contributed by atoms with Gasteiger partial charge in [0.2, 0.25) is 0 Å². The van der Waals surface area contributed by atoms with Crippen molar-refractivity contribution < 1.29 is 9.59 Å². The SMILES string of the molecule is CC1CCCN(C(=O)c2ccccc2C(=O)c2ccc(Br)cc2)C1. The molecule has 3 nitrogen and oxygen atoms in total.